The first-order chi connectivity index (χ1) is 12.3. The topological polar surface area (TPSA) is 21.6 Å². The van der Waals surface area contributed by atoms with E-state index in [0.29, 0.717) is 11.4 Å². The Labute approximate surface area is 146 Å². The maximum Gasteiger partial charge on any atom is 0.149 e. The fourth-order valence-corrected chi connectivity index (χ4v) is 2.16. The van der Waals surface area contributed by atoms with Gasteiger partial charge in [-0.1, -0.05) is 54.5 Å². The van der Waals surface area contributed by atoms with Crippen LogP contribution in [0.15, 0.2) is 89.9 Å². The van der Waals surface area contributed by atoms with Crippen molar-refractivity contribution in [1.29, 1.82) is 0 Å². The Hall–Kier alpha value is -3.38. The minimum Gasteiger partial charge on any atom is -0.481 e. The summed E-state index contributed by atoms with van der Waals surface area (Å²) in [6.07, 6.45) is 0. The standard InChI is InChI=1S/C22H16FNO/c23-19-13-15-20(16-14-19)24-22(18-8-3-1-4-9-18)12-7-17-25-21-10-5-2-6-11-21/h1-6,8-11,13-16H,17H2. The summed E-state index contributed by atoms with van der Waals surface area (Å²) in [5.74, 6) is 6.52. The lowest BCUT2D eigenvalue weighted by atomic mass is 10.1. The molecule has 2 nitrogen and oxygen atoms in total. The molecule has 3 aromatic rings. The van der Waals surface area contributed by atoms with Crippen molar-refractivity contribution < 1.29 is 9.13 Å². The lowest BCUT2D eigenvalue weighted by Gasteiger charge is -2.02. The van der Waals surface area contributed by atoms with Crippen molar-refractivity contribution in [3.63, 3.8) is 0 Å². The van der Waals surface area contributed by atoms with Crippen LogP contribution in [0.1, 0.15) is 5.56 Å². The highest BCUT2D eigenvalue weighted by Crippen LogP contribution is 2.14. The van der Waals surface area contributed by atoms with Crippen LogP contribution in [0.25, 0.3) is 0 Å². The summed E-state index contributed by atoms with van der Waals surface area (Å²) in [6, 6.07) is 25.2. The number of para-hydroxylation sites is 1. The molecule has 25 heavy (non-hydrogen) atoms. The Morgan fingerprint density at radius 1 is 0.840 bits per heavy atom. The highest BCUT2D eigenvalue weighted by Gasteiger charge is 2.00. The number of hydrogen-bond acceptors (Lipinski definition) is 2. The van der Waals surface area contributed by atoms with Crippen LogP contribution < -0.4 is 4.74 Å². The van der Waals surface area contributed by atoms with Crippen LogP contribution in [-0.4, -0.2) is 12.3 Å². The predicted molar refractivity (Wildman–Crippen MR) is 98.8 cm³/mol. The molecular weight excluding hydrogens is 313 g/mol. The van der Waals surface area contributed by atoms with Gasteiger partial charge in [-0.25, -0.2) is 9.38 Å². The quantitative estimate of drug-likeness (QED) is 0.486. The zero-order valence-corrected chi connectivity index (χ0v) is 13.5. The predicted octanol–water partition coefficient (Wildman–Crippen LogP) is 5.03. The molecule has 0 aliphatic heterocycles. The highest BCUT2D eigenvalue weighted by atomic mass is 19.1. The summed E-state index contributed by atoms with van der Waals surface area (Å²) in [6.45, 7) is 0.263. The maximum absolute atomic E-state index is 13.1. The second-order valence-electron chi connectivity index (χ2n) is 5.21. The zero-order chi connectivity index (χ0) is 17.3. The molecule has 0 saturated carbocycles. The molecule has 0 radical (unpaired) electrons. The van der Waals surface area contributed by atoms with Crippen molar-refractivity contribution in [1.82, 2.24) is 0 Å². The molecule has 0 amide bonds. The molecule has 0 heterocycles. The van der Waals surface area contributed by atoms with E-state index in [4.69, 9.17) is 4.74 Å². The number of ether oxygens (including phenoxy) is 1. The van der Waals surface area contributed by atoms with Gasteiger partial charge in [-0.15, -0.1) is 0 Å². The first-order valence-corrected chi connectivity index (χ1v) is 7.88. The Bertz CT molecular complexity index is 892. The fraction of sp³-hybridized carbons (Fsp3) is 0.0455. The molecule has 3 rings (SSSR count). The van der Waals surface area contributed by atoms with Crippen LogP contribution in [0.4, 0.5) is 10.1 Å². The molecule has 122 valence electrons. The van der Waals surface area contributed by atoms with Crippen molar-refractivity contribution in [2.24, 2.45) is 4.99 Å². The van der Waals surface area contributed by atoms with Crippen molar-refractivity contribution in [2.75, 3.05) is 6.61 Å². The Kier molecular flexibility index (Phi) is 5.58. The van der Waals surface area contributed by atoms with Gasteiger partial charge < -0.3 is 4.74 Å². The number of aliphatic imine (C=N–C) groups is 1. The molecule has 0 fully saturated rings. The van der Waals surface area contributed by atoms with Crippen LogP contribution in [0.5, 0.6) is 5.75 Å². The molecule has 0 aliphatic carbocycles. The highest BCUT2D eigenvalue weighted by molar-refractivity contribution is 6.14. The summed E-state index contributed by atoms with van der Waals surface area (Å²) in [4.78, 5) is 4.54. The average molecular weight is 329 g/mol. The summed E-state index contributed by atoms with van der Waals surface area (Å²) in [5.41, 5.74) is 2.17. The molecule has 0 spiro atoms. The van der Waals surface area contributed by atoms with Gasteiger partial charge in [0.05, 0.1) is 5.69 Å². The molecular formula is C22H16FNO. The van der Waals surface area contributed by atoms with E-state index in [9.17, 15) is 4.39 Å². The molecule has 0 bridgehead atoms. The Morgan fingerprint density at radius 3 is 2.16 bits per heavy atom. The molecule has 0 aromatic heterocycles. The van der Waals surface area contributed by atoms with Crippen molar-refractivity contribution in [3.8, 4) is 17.6 Å². The van der Waals surface area contributed by atoms with Gasteiger partial charge >= 0.3 is 0 Å². The van der Waals surface area contributed by atoms with Gasteiger partial charge in [0, 0.05) is 5.56 Å². The molecule has 3 heteroatoms. The SMILES string of the molecule is Fc1ccc(N=C(C#CCOc2ccccc2)c2ccccc2)cc1. The van der Waals surface area contributed by atoms with E-state index in [0.717, 1.165) is 11.3 Å². The zero-order valence-electron chi connectivity index (χ0n) is 13.5. The van der Waals surface area contributed by atoms with Gasteiger partial charge in [-0.3, -0.25) is 0 Å². The van der Waals surface area contributed by atoms with Crippen LogP contribution in [0.3, 0.4) is 0 Å². The van der Waals surface area contributed by atoms with Gasteiger partial charge in [0.1, 0.15) is 23.9 Å². The molecule has 0 N–H and O–H groups in total. The number of halogens is 1. The van der Waals surface area contributed by atoms with E-state index in [1.807, 2.05) is 60.7 Å². The summed E-state index contributed by atoms with van der Waals surface area (Å²) in [7, 11) is 0. The lowest BCUT2D eigenvalue weighted by molar-refractivity contribution is 0.370. The van der Waals surface area contributed by atoms with Crippen LogP contribution in [-0.2, 0) is 0 Å². The number of benzene rings is 3. The second kappa shape index (κ2) is 8.47. The van der Waals surface area contributed by atoms with Crippen LogP contribution >= 0.6 is 0 Å². The van der Waals surface area contributed by atoms with Crippen molar-refractivity contribution >= 4 is 11.4 Å². The summed E-state index contributed by atoms with van der Waals surface area (Å²) in [5, 5.41) is 0. The van der Waals surface area contributed by atoms with Crippen LogP contribution in [0.2, 0.25) is 0 Å². The Morgan fingerprint density at radius 2 is 1.48 bits per heavy atom. The fourth-order valence-electron chi connectivity index (χ4n) is 2.16. The first-order valence-electron chi connectivity index (χ1n) is 7.88. The number of nitrogens with zero attached hydrogens (tertiary/aromatic N) is 1. The van der Waals surface area contributed by atoms with Gasteiger partial charge in [-0.2, -0.15) is 0 Å². The molecule has 0 saturated heterocycles. The molecule has 0 aliphatic rings. The largest absolute Gasteiger partial charge is 0.481 e. The maximum atomic E-state index is 13.1. The van der Waals surface area contributed by atoms with E-state index >= 15 is 0 Å². The van der Waals surface area contributed by atoms with E-state index in [-0.39, 0.29) is 12.4 Å². The molecule has 3 aromatic carbocycles. The third-order valence-electron chi connectivity index (χ3n) is 3.38. The van der Waals surface area contributed by atoms with Gasteiger partial charge in [0.15, 0.2) is 0 Å². The van der Waals surface area contributed by atoms with E-state index in [2.05, 4.69) is 16.8 Å². The second-order valence-corrected chi connectivity index (χ2v) is 5.21. The van der Waals surface area contributed by atoms with Crippen molar-refractivity contribution in [2.45, 2.75) is 0 Å². The minimum absolute atomic E-state index is 0.263. The molecule has 0 atom stereocenters. The Balaban J connectivity index is 1.80. The monoisotopic (exact) mass is 329 g/mol. The minimum atomic E-state index is -0.289. The molecule has 0 unspecified atom stereocenters. The van der Waals surface area contributed by atoms with Crippen LogP contribution in [0, 0.1) is 17.7 Å². The van der Waals surface area contributed by atoms with Gasteiger partial charge in [0.2, 0.25) is 0 Å². The first kappa shape index (κ1) is 16.5. The summed E-state index contributed by atoms with van der Waals surface area (Å²) >= 11 is 0. The van der Waals surface area contributed by atoms with Gasteiger partial charge in [-0.05, 0) is 42.3 Å². The lowest BCUT2D eigenvalue weighted by Crippen LogP contribution is -1.99. The third-order valence-corrected chi connectivity index (χ3v) is 3.38. The normalized spacial score (nSPS) is 10.7. The number of rotatable bonds is 4. The number of hydrogen-bond donors (Lipinski definition) is 0. The smallest absolute Gasteiger partial charge is 0.149 e. The van der Waals surface area contributed by atoms with E-state index < -0.39 is 0 Å². The summed E-state index contributed by atoms with van der Waals surface area (Å²) < 4.78 is 18.6. The van der Waals surface area contributed by atoms with Crippen molar-refractivity contribution in [3.05, 3.63) is 96.3 Å². The van der Waals surface area contributed by atoms with E-state index in [1.165, 1.54) is 12.1 Å². The van der Waals surface area contributed by atoms with E-state index in [1.54, 1.807) is 12.1 Å². The third kappa shape index (κ3) is 5.05. The van der Waals surface area contributed by atoms with Gasteiger partial charge in [0.25, 0.3) is 0 Å². The average Bonchev–Trinajstić information content (AvgIpc) is 2.67.